The van der Waals surface area contributed by atoms with Crippen LogP contribution < -0.4 is 4.74 Å². The molecule has 6 aliphatic rings. The largest absolute Gasteiger partial charge is 0.497 e. The molecule has 2 saturated heterocycles. The van der Waals surface area contributed by atoms with E-state index in [0.717, 1.165) is 43.4 Å². The maximum Gasteiger partial charge on any atom is 0.174 e. The van der Waals surface area contributed by atoms with Crippen molar-refractivity contribution in [2.45, 2.75) is 88.0 Å². The number of hydrogen-bond donors (Lipinski definition) is 2. The van der Waals surface area contributed by atoms with Gasteiger partial charge in [-0.3, -0.25) is 0 Å². The summed E-state index contributed by atoms with van der Waals surface area (Å²) in [7, 11) is 1.66. The van der Waals surface area contributed by atoms with E-state index in [1.54, 1.807) is 7.11 Å². The lowest BCUT2D eigenvalue weighted by atomic mass is 9.39. The molecule has 7 nitrogen and oxygen atoms in total. The van der Waals surface area contributed by atoms with Gasteiger partial charge < -0.3 is 33.9 Å². The predicted molar refractivity (Wildman–Crippen MR) is 135 cm³/mol. The molecule has 4 aliphatic carbocycles. The fraction of sp³-hybridized carbons (Fsp3) is 0.800. The second-order valence-electron chi connectivity index (χ2n) is 13.3. The Labute approximate surface area is 219 Å². The second-order valence-corrected chi connectivity index (χ2v) is 13.3. The number of benzene rings is 1. The number of hydrogen-bond acceptors (Lipinski definition) is 7. The van der Waals surface area contributed by atoms with E-state index in [-0.39, 0.29) is 17.3 Å². The van der Waals surface area contributed by atoms with Gasteiger partial charge in [-0.05, 0) is 61.6 Å². The molecule has 1 aromatic rings. The van der Waals surface area contributed by atoms with Gasteiger partial charge in [0.1, 0.15) is 5.75 Å². The van der Waals surface area contributed by atoms with Gasteiger partial charge in [0.25, 0.3) is 0 Å². The maximum absolute atomic E-state index is 13.1. The highest BCUT2D eigenvalue weighted by molar-refractivity contribution is 5.35. The first-order valence-electron chi connectivity index (χ1n) is 14.3. The van der Waals surface area contributed by atoms with E-state index in [0.29, 0.717) is 51.6 Å². The van der Waals surface area contributed by atoms with Crippen LogP contribution in [0.3, 0.4) is 0 Å². The standard InChI is InChI=1S/C30H42O7/c1-25-12-13-28(34-14-15-35-28)19-27(25,31)10-8-22-23-9-11-30(36-16-17-37-30)26(23,2)18-29(32,24(22)25)20-4-6-21(33-3)7-5-20/h4-7,22-24,31-32H,8-19H2,1-3H3/t22-,23-,24-,25+,26-,27+,29-/m0/s1. The Balaban J connectivity index is 1.36. The molecule has 6 fully saturated rings. The fourth-order valence-electron chi connectivity index (χ4n) is 10.3. The van der Waals surface area contributed by atoms with Gasteiger partial charge in [-0.2, -0.15) is 0 Å². The van der Waals surface area contributed by atoms with E-state index in [9.17, 15) is 10.2 Å². The van der Waals surface area contributed by atoms with Crippen LogP contribution in [0.1, 0.15) is 70.8 Å². The summed E-state index contributed by atoms with van der Waals surface area (Å²) >= 11 is 0. The van der Waals surface area contributed by atoms with Crippen molar-refractivity contribution >= 4 is 0 Å². The van der Waals surface area contributed by atoms with Gasteiger partial charge in [-0.15, -0.1) is 0 Å². The smallest absolute Gasteiger partial charge is 0.174 e. The molecular weight excluding hydrogens is 472 g/mol. The van der Waals surface area contributed by atoms with Crippen molar-refractivity contribution in [3.63, 3.8) is 0 Å². The normalized spacial score (nSPS) is 47.5. The molecule has 204 valence electrons. The SMILES string of the molecule is COc1ccc([C@@]2(O)C[C@@]3(C)[C@@H](CCC34OCCO4)[C@@H]3CC[C@@]4(O)CC5(CC[C@]4(C)[C@H]32)OCCO5)cc1. The molecule has 2 spiro atoms. The Morgan fingerprint density at radius 1 is 0.784 bits per heavy atom. The molecule has 0 bridgehead atoms. The highest BCUT2D eigenvalue weighted by Crippen LogP contribution is 2.74. The minimum atomic E-state index is -1.15. The van der Waals surface area contributed by atoms with Gasteiger partial charge >= 0.3 is 0 Å². The Hall–Kier alpha value is -1.22. The molecule has 7 heteroatoms. The molecule has 2 heterocycles. The monoisotopic (exact) mass is 514 g/mol. The summed E-state index contributed by atoms with van der Waals surface area (Å²) < 4.78 is 30.4. The van der Waals surface area contributed by atoms with Crippen molar-refractivity contribution in [2.75, 3.05) is 33.5 Å². The summed E-state index contributed by atoms with van der Waals surface area (Å²) in [5.41, 5.74) is -2.04. The molecule has 0 radical (unpaired) electrons. The number of ether oxygens (including phenoxy) is 5. The first-order chi connectivity index (χ1) is 17.6. The van der Waals surface area contributed by atoms with Gasteiger partial charge in [0.15, 0.2) is 11.6 Å². The van der Waals surface area contributed by atoms with Gasteiger partial charge in [-0.25, -0.2) is 0 Å². The second kappa shape index (κ2) is 7.92. The van der Waals surface area contributed by atoms with Gasteiger partial charge in [0, 0.05) is 36.0 Å². The molecule has 2 aliphatic heterocycles. The van der Waals surface area contributed by atoms with Crippen molar-refractivity contribution in [1.82, 2.24) is 0 Å². The molecule has 4 saturated carbocycles. The highest BCUT2D eigenvalue weighted by Gasteiger charge is 2.75. The summed E-state index contributed by atoms with van der Waals surface area (Å²) in [6.45, 7) is 6.90. The van der Waals surface area contributed by atoms with Crippen LogP contribution in [0.15, 0.2) is 24.3 Å². The van der Waals surface area contributed by atoms with E-state index >= 15 is 0 Å². The van der Waals surface area contributed by atoms with Crippen LogP contribution in [0, 0.1) is 28.6 Å². The van der Waals surface area contributed by atoms with Crippen LogP contribution >= 0.6 is 0 Å². The number of rotatable bonds is 2. The van der Waals surface area contributed by atoms with Gasteiger partial charge in [0.05, 0.1) is 44.7 Å². The topological polar surface area (TPSA) is 86.6 Å². The fourth-order valence-corrected chi connectivity index (χ4v) is 10.3. The van der Waals surface area contributed by atoms with Crippen molar-refractivity contribution in [3.8, 4) is 5.75 Å². The van der Waals surface area contributed by atoms with E-state index < -0.39 is 28.2 Å². The van der Waals surface area contributed by atoms with Gasteiger partial charge in [0.2, 0.25) is 0 Å². The lowest BCUT2D eigenvalue weighted by molar-refractivity contribution is -0.329. The molecule has 7 atom stereocenters. The third-order valence-corrected chi connectivity index (χ3v) is 12.0. The third kappa shape index (κ3) is 3.10. The lowest BCUT2D eigenvalue weighted by Gasteiger charge is -2.69. The van der Waals surface area contributed by atoms with Crippen LogP contribution in [0.2, 0.25) is 0 Å². The zero-order valence-corrected chi connectivity index (χ0v) is 22.5. The van der Waals surface area contributed by atoms with Crippen molar-refractivity contribution in [1.29, 1.82) is 0 Å². The van der Waals surface area contributed by atoms with Crippen LogP contribution in [-0.2, 0) is 24.5 Å². The van der Waals surface area contributed by atoms with Crippen LogP contribution in [-0.4, -0.2) is 60.9 Å². The molecule has 7 rings (SSSR count). The Morgan fingerprint density at radius 3 is 2.14 bits per heavy atom. The Bertz CT molecular complexity index is 1050. The molecule has 37 heavy (non-hydrogen) atoms. The van der Waals surface area contributed by atoms with Crippen molar-refractivity contribution < 1.29 is 33.9 Å². The van der Waals surface area contributed by atoms with Gasteiger partial charge in [-0.1, -0.05) is 26.0 Å². The minimum absolute atomic E-state index is 0.111. The van der Waals surface area contributed by atoms with Crippen LogP contribution in [0.5, 0.6) is 5.75 Å². The lowest BCUT2D eigenvalue weighted by Crippen LogP contribution is -2.71. The minimum Gasteiger partial charge on any atom is -0.497 e. The zero-order valence-electron chi connectivity index (χ0n) is 22.5. The summed E-state index contributed by atoms with van der Waals surface area (Å²) in [6, 6.07) is 7.92. The molecule has 2 N–H and O–H groups in total. The maximum atomic E-state index is 13.1. The first kappa shape index (κ1) is 24.8. The molecule has 0 unspecified atom stereocenters. The number of methoxy groups -OCH3 is 1. The molecule has 0 amide bonds. The first-order valence-corrected chi connectivity index (χ1v) is 14.3. The Morgan fingerprint density at radius 2 is 1.46 bits per heavy atom. The Kier molecular flexibility index (Phi) is 5.31. The number of aliphatic hydroxyl groups is 2. The summed E-state index contributed by atoms with van der Waals surface area (Å²) in [6.07, 6.45) is 5.96. The average molecular weight is 515 g/mol. The highest BCUT2D eigenvalue weighted by atomic mass is 16.7. The molecule has 1 aromatic carbocycles. The predicted octanol–water partition coefficient (Wildman–Crippen LogP) is 4.14. The summed E-state index contributed by atoms with van der Waals surface area (Å²) in [4.78, 5) is 0. The quantitative estimate of drug-likeness (QED) is 0.614. The van der Waals surface area contributed by atoms with E-state index in [4.69, 9.17) is 23.7 Å². The molecular formula is C30H42O7. The van der Waals surface area contributed by atoms with E-state index in [2.05, 4.69) is 13.8 Å². The molecule has 0 aromatic heterocycles. The van der Waals surface area contributed by atoms with Crippen LogP contribution in [0.25, 0.3) is 0 Å². The van der Waals surface area contributed by atoms with E-state index in [1.165, 1.54) is 0 Å². The van der Waals surface area contributed by atoms with Crippen molar-refractivity contribution in [2.24, 2.45) is 28.6 Å². The van der Waals surface area contributed by atoms with Crippen molar-refractivity contribution in [3.05, 3.63) is 29.8 Å². The third-order valence-electron chi connectivity index (χ3n) is 12.0. The number of fused-ring (bicyclic) bond motifs is 6. The zero-order chi connectivity index (χ0) is 25.7. The van der Waals surface area contributed by atoms with Crippen LogP contribution in [0.4, 0.5) is 0 Å². The summed E-state index contributed by atoms with van der Waals surface area (Å²) in [5.74, 6) is -0.0514. The van der Waals surface area contributed by atoms with E-state index in [1.807, 2.05) is 24.3 Å². The average Bonchev–Trinajstić information content (AvgIpc) is 3.61. The summed E-state index contributed by atoms with van der Waals surface area (Å²) in [5, 5.41) is 25.6.